The quantitative estimate of drug-likeness (QED) is 0.527. The molecule has 1 amide bonds. The zero-order valence-corrected chi connectivity index (χ0v) is 11.1. The number of ketones is 1. The van der Waals surface area contributed by atoms with Gasteiger partial charge in [-0.25, -0.2) is 0 Å². The number of nitrogens with zero attached hydrogens (tertiary/aromatic N) is 1. The molecule has 2 saturated heterocycles. The third-order valence-electron chi connectivity index (χ3n) is 3.71. The Bertz CT molecular complexity index is 375. The van der Waals surface area contributed by atoms with Crippen molar-refractivity contribution in [3.63, 3.8) is 0 Å². The number of carbonyl (C=O) groups is 3. The molecule has 0 aliphatic carbocycles. The van der Waals surface area contributed by atoms with Gasteiger partial charge >= 0.3 is 5.97 Å². The summed E-state index contributed by atoms with van der Waals surface area (Å²) in [5, 5.41) is 0. The van der Waals surface area contributed by atoms with Crippen LogP contribution in [-0.2, 0) is 23.9 Å². The van der Waals surface area contributed by atoms with E-state index in [1.165, 1.54) is 7.11 Å². The van der Waals surface area contributed by atoms with Crippen LogP contribution in [-0.4, -0.2) is 55.5 Å². The van der Waals surface area contributed by atoms with Crippen LogP contribution < -0.4 is 0 Å². The second-order valence-corrected chi connectivity index (χ2v) is 4.91. The lowest BCUT2D eigenvalue weighted by molar-refractivity contribution is -0.149. The van der Waals surface area contributed by atoms with Crippen molar-refractivity contribution in [2.24, 2.45) is 5.92 Å². The molecule has 0 saturated carbocycles. The van der Waals surface area contributed by atoms with Crippen LogP contribution in [0.25, 0.3) is 0 Å². The summed E-state index contributed by atoms with van der Waals surface area (Å²) in [7, 11) is 1.27. The van der Waals surface area contributed by atoms with Crippen LogP contribution in [0.15, 0.2) is 0 Å². The van der Waals surface area contributed by atoms with Gasteiger partial charge < -0.3 is 14.4 Å². The summed E-state index contributed by atoms with van der Waals surface area (Å²) in [5.41, 5.74) is 0. The standard InChI is InChI=1S/C13H19NO5/c1-18-13(17)9-4-6-14(7-5-10(9)15)12(16)11-3-2-8-19-11/h9,11H,2-8H2,1H3. The molecule has 2 heterocycles. The number of hydrogen-bond donors (Lipinski definition) is 0. The van der Waals surface area contributed by atoms with Gasteiger partial charge in [0, 0.05) is 26.1 Å². The molecule has 0 N–H and O–H groups in total. The first-order chi connectivity index (χ1) is 9.13. The summed E-state index contributed by atoms with van der Waals surface area (Å²) < 4.78 is 9.99. The Morgan fingerprint density at radius 2 is 2.11 bits per heavy atom. The first-order valence-electron chi connectivity index (χ1n) is 6.64. The van der Waals surface area contributed by atoms with Gasteiger partial charge in [-0.3, -0.25) is 14.4 Å². The van der Waals surface area contributed by atoms with E-state index in [-0.39, 0.29) is 24.2 Å². The molecule has 0 spiro atoms. The van der Waals surface area contributed by atoms with Crippen LogP contribution in [0.2, 0.25) is 0 Å². The molecule has 2 aliphatic rings. The Balaban J connectivity index is 1.97. The molecule has 2 fully saturated rings. The van der Waals surface area contributed by atoms with E-state index in [0.29, 0.717) is 26.1 Å². The predicted molar refractivity (Wildman–Crippen MR) is 65.3 cm³/mol. The van der Waals surface area contributed by atoms with Gasteiger partial charge in [0.15, 0.2) is 0 Å². The molecular weight excluding hydrogens is 250 g/mol. The fourth-order valence-corrected chi connectivity index (χ4v) is 2.57. The highest BCUT2D eigenvalue weighted by Crippen LogP contribution is 2.20. The number of Topliss-reactive ketones (excluding diaryl/α,β-unsaturated/α-hetero) is 1. The summed E-state index contributed by atoms with van der Waals surface area (Å²) in [4.78, 5) is 37.1. The normalized spacial score (nSPS) is 28.1. The summed E-state index contributed by atoms with van der Waals surface area (Å²) in [5.74, 6) is -1.44. The van der Waals surface area contributed by atoms with Crippen LogP contribution in [0, 0.1) is 5.92 Å². The van der Waals surface area contributed by atoms with E-state index >= 15 is 0 Å². The summed E-state index contributed by atoms with van der Waals surface area (Å²) in [6.07, 6.45) is 1.81. The van der Waals surface area contributed by atoms with Crippen molar-refractivity contribution < 1.29 is 23.9 Å². The smallest absolute Gasteiger partial charge is 0.316 e. The summed E-state index contributed by atoms with van der Waals surface area (Å²) in [6, 6.07) is 0. The van der Waals surface area contributed by atoms with Crippen molar-refractivity contribution in [1.82, 2.24) is 4.90 Å². The number of carbonyl (C=O) groups excluding carboxylic acids is 3. The number of amides is 1. The highest BCUT2D eigenvalue weighted by molar-refractivity contribution is 5.99. The lowest BCUT2D eigenvalue weighted by Gasteiger charge is -2.23. The van der Waals surface area contributed by atoms with Crippen LogP contribution in [0.1, 0.15) is 25.7 Å². The van der Waals surface area contributed by atoms with Crippen LogP contribution in [0.5, 0.6) is 0 Å². The molecule has 6 heteroatoms. The fraction of sp³-hybridized carbons (Fsp3) is 0.769. The minimum Gasteiger partial charge on any atom is -0.468 e. The van der Waals surface area contributed by atoms with E-state index in [9.17, 15) is 14.4 Å². The van der Waals surface area contributed by atoms with Crippen molar-refractivity contribution in [3.8, 4) is 0 Å². The van der Waals surface area contributed by atoms with Crippen molar-refractivity contribution >= 4 is 17.7 Å². The highest BCUT2D eigenvalue weighted by Gasteiger charge is 2.34. The van der Waals surface area contributed by atoms with E-state index in [1.807, 2.05) is 0 Å². The minimum atomic E-state index is -0.729. The Hall–Kier alpha value is -1.43. The maximum absolute atomic E-state index is 12.2. The third kappa shape index (κ3) is 3.12. The monoisotopic (exact) mass is 269 g/mol. The maximum Gasteiger partial charge on any atom is 0.316 e. The molecule has 106 valence electrons. The van der Waals surface area contributed by atoms with Crippen molar-refractivity contribution in [3.05, 3.63) is 0 Å². The molecule has 2 aliphatic heterocycles. The molecule has 2 atom stereocenters. The molecule has 2 rings (SSSR count). The molecule has 0 aromatic heterocycles. The van der Waals surface area contributed by atoms with Crippen molar-refractivity contribution in [2.75, 3.05) is 26.8 Å². The molecule has 19 heavy (non-hydrogen) atoms. The second-order valence-electron chi connectivity index (χ2n) is 4.91. The SMILES string of the molecule is COC(=O)C1CCN(C(=O)C2CCCO2)CCC1=O. The zero-order valence-electron chi connectivity index (χ0n) is 11.1. The molecular formula is C13H19NO5. The van der Waals surface area contributed by atoms with Gasteiger partial charge in [0.1, 0.15) is 17.8 Å². The largest absolute Gasteiger partial charge is 0.468 e. The van der Waals surface area contributed by atoms with E-state index in [0.717, 1.165) is 12.8 Å². The third-order valence-corrected chi connectivity index (χ3v) is 3.71. The molecule has 2 unspecified atom stereocenters. The van der Waals surface area contributed by atoms with Gasteiger partial charge in [0.05, 0.1) is 7.11 Å². The van der Waals surface area contributed by atoms with Gasteiger partial charge in [-0.15, -0.1) is 0 Å². The number of hydrogen-bond acceptors (Lipinski definition) is 5. The first-order valence-corrected chi connectivity index (χ1v) is 6.64. The van der Waals surface area contributed by atoms with Gasteiger partial charge in [0.2, 0.25) is 0 Å². The average molecular weight is 269 g/mol. The zero-order chi connectivity index (χ0) is 13.8. The minimum absolute atomic E-state index is 0.0594. The predicted octanol–water partition coefficient (Wildman–Crippen LogP) is 0.146. The maximum atomic E-state index is 12.2. The first kappa shape index (κ1) is 14.0. The van der Waals surface area contributed by atoms with Gasteiger partial charge in [-0.2, -0.15) is 0 Å². The van der Waals surface area contributed by atoms with Gasteiger partial charge in [0.25, 0.3) is 5.91 Å². The topological polar surface area (TPSA) is 72.9 Å². The lowest BCUT2D eigenvalue weighted by atomic mass is 10.00. The van der Waals surface area contributed by atoms with Crippen molar-refractivity contribution in [1.29, 1.82) is 0 Å². The van der Waals surface area contributed by atoms with E-state index in [2.05, 4.69) is 4.74 Å². The Kier molecular flexibility index (Phi) is 4.52. The Labute approximate surface area is 112 Å². The number of likely N-dealkylation sites (tertiary alicyclic amines) is 1. The molecule has 0 aromatic carbocycles. The number of methoxy groups -OCH3 is 1. The van der Waals surface area contributed by atoms with E-state index in [1.54, 1.807) is 4.90 Å². The van der Waals surface area contributed by atoms with Crippen LogP contribution in [0.3, 0.4) is 0 Å². The average Bonchev–Trinajstić information content (AvgIpc) is 2.88. The summed E-state index contributed by atoms with van der Waals surface area (Å²) in [6.45, 7) is 1.39. The van der Waals surface area contributed by atoms with E-state index < -0.39 is 11.9 Å². The van der Waals surface area contributed by atoms with Gasteiger partial charge in [-0.05, 0) is 19.3 Å². The molecule has 0 aromatic rings. The summed E-state index contributed by atoms with van der Waals surface area (Å²) >= 11 is 0. The van der Waals surface area contributed by atoms with Gasteiger partial charge in [-0.1, -0.05) is 0 Å². The molecule has 6 nitrogen and oxygen atoms in total. The lowest BCUT2D eigenvalue weighted by Crippen LogP contribution is -2.39. The number of rotatable bonds is 2. The number of esters is 1. The Morgan fingerprint density at radius 3 is 2.74 bits per heavy atom. The number of ether oxygens (including phenoxy) is 2. The van der Waals surface area contributed by atoms with Crippen LogP contribution in [0.4, 0.5) is 0 Å². The second kappa shape index (κ2) is 6.14. The Morgan fingerprint density at radius 1 is 1.32 bits per heavy atom. The van der Waals surface area contributed by atoms with E-state index in [4.69, 9.17) is 4.74 Å². The van der Waals surface area contributed by atoms with Crippen molar-refractivity contribution in [2.45, 2.75) is 31.8 Å². The van der Waals surface area contributed by atoms with Crippen LogP contribution >= 0.6 is 0 Å². The highest BCUT2D eigenvalue weighted by atomic mass is 16.5. The molecule has 0 bridgehead atoms. The fourth-order valence-electron chi connectivity index (χ4n) is 2.57. The molecule has 0 radical (unpaired) electrons.